The largest absolute Gasteiger partial charge is 0.482 e. The lowest BCUT2D eigenvalue weighted by Crippen LogP contribution is -2.52. The van der Waals surface area contributed by atoms with E-state index in [1.54, 1.807) is 21.9 Å². The second kappa shape index (κ2) is 10.9. The van der Waals surface area contributed by atoms with Crippen LogP contribution in [0.25, 0.3) is 0 Å². The van der Waals surface area contributed by atoms with Crippen molar-refractivity contribution in [2.24, 2.45) is 0 Å². The first-order chi connectivity index (χ1) is 16.5. The van der Waals surface area contributed by atoms with Crippen LogP contribution in [0.5, 0.6) is 5.75 Å². The second-order valence-corrected chi connectivity index (χ2v) is 8.38. The molecule has 2 aromatic carbocycles. The van der Waals surface area contributed by atoms with E-state index < -0.39 is 5.82 Å². The number of nitrogens with two attached hydrogens (primary N) is 1. The molecular weight excluding hydrogens is 461 g/mol. The molecule has 4 rings (SSSR count). The van der Waals surface area contributed by atoms with E-state index in [0.717, 1.165) is 17.4 Å². The fourth-order valence-electron chi connectivity index (χ4n) is 3.31. The van der Waals surface area contributed by atoms with Crippen molar-refractivity contribution >= 4 is 29.4 Å². The minimum atomic E-state index is -0.483. The number of aromatic nitrogens is 3. The average molecular weight is 486 g/mol. The normalized spacial score (nSPS) is 13.6. The van der Waals surface area contributed by atoms with E-state index in [2.05, 4.69) is 15.5 Å². The van der Waals surface area contributed by atoms with Gasteiger partial charge in [0.15, 0.2) is 17.4 Å². The number of benzene rings is 2. The third-order valence-corrected chi connectivity index (χ3v) is 6.13. The Morgan fingerprint density at radius 2 is 1.68 bits per heavy atom. The SMILES string of the molecule is Nn1c(COc2ccccc2F)nnc1SCC(=O)N1CCN(C(=O)Nc2ccccc2)CC1. The maximum Gasteiger partial charge on any atom is 0.321 e. The summed E-state index contributed by atoms with van der Waals surface area (Å²) >= 11 is 1.15. The summed E-state index contributed by atoms with van der Waals surface area (Å²) in [6, 6.07) is 15.1. The summed E-state index contributed by atoms with van der Waals surface area (Å²) in [5, 5.41) is 11.1. The number of hydrogen-bond acceptors (Lipinski definition) is 7. The molecule has 3 aromatic rings. The first-order valence-corrected chi connectivity index (χ1v) is 11.6. The van der Waals surface area contributed by atoms with E-state index in [1.807, 2.05) is 30.3 Å². The molecule has 0 unspecified atom stereocenters. The van der Waals surface area contributed by atoms with Crippen molar-refractivity contribution in [3.63, 3.8) is 0 Å². The van der Waals surface area contributed by atoms with Crippen molar-refractivity contribution in [1.29, 1.82) is 0 Å². The van der Waals surface area contributed by atoms with Gasteiger partial charge in [-0.3, -0.25) is 4.79 Å². The molecule has 0 bridgehead atoms. The summed E-state index contributed by atoms with van der Waals surface area (Å²) < 4.78 is 20.3. The van der Waals surface area contributed by atoms with Crippen molar-refractivity contribution in [2.45, 2.75) is 11.8 Å². The molecule has 10 nitrogen and oxygen atoms in total. The third kappa shape index (κ3) is 5.76. The number of nitrogens with zero attached hydrogens (tertiary/aromatic N) is 5. The number of carbonyl (C=O) groups excluding carboxylic acids is 2. The predicted octanol–water partition coefficient (Wildman–Crippen LogP) is 2.18. The summed E-state index contributed by atoms with van der Waals surface area (Å²) in [6.07, 6.45) is 0. The van der Waals surface area contributed by atoms with Gasteiger partial charge < -0.3 is 25.7 Å². The zero-order valence-corrected chi connectivity index (χ0v) is 19.1. The van der Waals surface area contributed by atoms with Gasteiger partial charge in [-0.05, 0) is 24.3 Å². The number of hydrogen-bond donors (Lipinski definition) is 2. The van der Waals surface area contributed by atoms with E-state index in [-0.39, 0.29) is 30.0 Å². The molecular formula is C22H24FN7O3S. The van der Waals surface area contributed by atoms with Crippen LogP contribution >= 0.6 is 11.8 Å². The maximum absolute atomic E-state index is 13.7. The van der Waals surface area contributed by atoms with Gasteiger partial charge in [-0.25, -0.2) is 13.9 Å². The monoisotopic (exact) mass is 485 g/mol. The molecule has 0 saturated carbocycles. The molecule has 3 amide bonds. The highest BCUT2D eigenvalue weighted by Gasteiger charge is 2.25. The summed E-state index contributed by atoms with van der Waals surface area (Å²) in [5.41, 5.74) is 0.729. The molecule has 0 spiro atoms. The number of amides is 3. The molecule has 1 fully saturated rings. The summed E-state index contributed by atoms with van der Waals surface area (Å²) in [7, 11) is 0. The standard InChI is InChI=1S/C22H24FN7O3S/c23-17-8-4-5-9-18(17)33-14-19-26-27-22(30(19)24)34-15-20(31)28-10-12-29(13-11-28)21(32)25-16-6-2-1-3-7-16/h1-9H,10-15,24H2,(H,25,32). The van der Waals surface area contributed by atoms with Crippen LogP contribution < -0.4 is 15.9 Å². The van der Waals surface area contributed by atoms with Gasteiger partial charge in [-0.2, -0.15) is 0 Å². The molecule has 178 valence electrons. The van der Waals surface area contributed by atoms with Crippen LogP contribution in [0.15, 0.2) is 59.8 Å². The van der Waals surface area contributed by atoms with E-state index in [0.29, 0.717) is 37.2 Å². The minimum Gasteiger partial charge on any atom is -0.482 e. The van der Waals surface area contributed by atoms with E-state index in [1.165, 1.54) is 16.8 Å². The van der Waals surface area contributed by atoms with E-state index in [9.17, 15) is 14.0 Å². The molecule has 34 heavy (non-hydrogen) atoms. The maximum atomic E-state index is 13.7. The molecule has 2 heterocycles. The van der Waals surface area contributed by atoms with Gasteiger partial charge in [-0.1, -0.05) is 42.1 Å². The fraction of sp³-hybridized carbons (Fsp3) is 0.273. The Labute approximate surface area is 199 Å². The summed E-state index contributed by atoms with van der Waals surface area (Å²) in [6.45, 7) is 1.71. The number of halogens is 1. The molecule has 0 atom stereocenters. The number of ether oxygens (including phenoxy) is 1. The van der Waals surface area contributed by atoms with Crippen molar-refractivity contribution < 1.29 is 18.7 Å². The van der Waals surface area contributed by atoms with Crippen LogP contribution in [0.1, 0.15) is 5.82 Å². The van der Waals surface area contributed by atoms with Gasteiger partial charge in [-0.15, -0.1) is 10.2 Å². The fourth-order valence-corrected chi connectivity index (χ4v) is 4.09. The third-order valence-electron chi connectivity index (χ3n) is 5.20. The highest BCUT2D eigenvalue weighted by molar-refractivity contribution is 7.99. The summed E-state index contributed by atoms with van der Waals surface area (Å²) in [5.74, 6) is 5.96. The zero-order valence-electron chi connectivity index (χ0n) is 18.3. The van der Waals surface area contributed by atoms with Crippen molar-refractivity contribution in [2.75, 3.05) is 43.1 Å². The van der Waals surface area contributed by atoms with Crippen LogP contribution in [-0.2, 0) is 11.4 Å². The van der Waals surface area contributed by atoms with Gasteiger partial charge in [0.05, 0.1) is 5.75 Å². The van der Waals surface area contributed by atoms with Gasteiger partial charge in [0.2, 0.25) is 11.1 Å². The molecule has 12 heteroatoms. The lowest BCUT2D eigenvalue weighted by atomic mass is 10.3. The number of urea groups is 1. The van der Waals surface area contributed by atoms with Crippen molar-refractivity contribution in [3.8, 4) is 5.75 Å². The quantitative estimate of drug-likeness (QED) is 0.389. The van der Waals surface area contributed by atoms with Gasteiger partial charge in [0.25, 0.3) is 0 Å². The van der Waals surface area contributed by atoms with Crippen molar-refractivity contribution in [1.82, 2.24) is 24.7 Å². The number of para-hydroxylation sites is 2. The molecule has 1 aliphatic rings. The first-order valence-electron chi connectivity index (χ1n) is 10.6. The Kier molecular flexibility index (Phi) is 7.48. The molecule has 1 aromatic heterocycles. The van der Waals surface area contributed by atoms with Crippen molar-refractivity contribution in [3.05, 3.63) is 66.2 Å². The Balaban J connectivity index is 1.22. The van der Waals surface area contributed by atoms with Crippen LogP contribution in [0.2, 0.25) is 0 Å². The number of carbonyl (C=O) groups is 2. The number of piperazine rings is 1. The molecule has 3 N–H and O–H groups in total. The molecule has 0 aliphatic carbocycles. The molecule has 1 aliphatic heterocycles. The number of nitrogen functional groups attached to an aromatic ring is 1. The lowest BCUT2D eigenvalue weighted by molar-refractivity contribution is -0.129. The Bertz CT molecular complexity index is 1140. The number of nitrogens with one attached hydrogen (secondary N) is 1. The highest BCUT2D eigenvalue weighted by Crippen LogP contribution is 2.19. The Hall–Kier alpha value is -3.80. The Morgan fingerprint density at radius 1 is 1.00 bits per heavy atom. The number of rotatable bonds is 7. The molecule has 1 saturated heterocycles. The van der Waals surface area contributed by atoms with E-state index in [4.69, 9.17) is 10.6 Å². The van der Waals surface area contributed by atoms with Crippen LogP contribution in [0, 0.1) is 5.82 Å². The summed E-state index contributed by atoms with van der Waals surface area (Å²) in [4.78, 5) is 28.4. The lowest BCUT2D eigenvalue weighted by Gasteiger charge is -2.34. The number of anilines is 1. The molecule has 0 radical (unpaired) electrons. The zero-order chi connectivity index (χ0) is 23.9. The van der Waals surface area contributed by atoms with E-state index >= 15 is 0 Å². The minimum absolute atomic E-state index is 0.0635. The second-order valence-electron chi connectivity index (χ2n) is 7.44. The smallest absolute Gasteiger partial charge is 0.321 e. The van der Waals surface area contributed by atoms with Crippen LogP contribution in [0.4, 0.5) is 14.9 Å². The van der Waals surface area contributed by atoms with Gasteiger partial charge in [0, 0.05) is 31.9 Å². The van der Waals surface area contributed by atoms with Crippen LogP contribution in [-0.4, -0.2) is 68.5 Å². The predicted molar refractivity (Wildman–Crippen MR) is 125 cm³/mol. The Morgan fingerprint density at radius 3 is 2.41 bits per heavy atom. The topological polar surface area (TPSA) is 119 Å². The van der Waals surface area contributed by atoms with Gasteiger partial charge in [0.1, 0.15) is 6.61 Å². The highest BCUT2D eigenvalue weighted by atomic mass is 32.2. The first kappa shape index (κ1) is 23.4. The van der Waals surface area contributed by atoms with Crippen LogP contribution in [0.3, 0.4) is 0 Å². The number of thioether (sulfide) groups is 1. The van der Waals surface area contributed by atoms with Gasteiger partial charge >= 0.3 is 6.03 Å². The average Bonchev–Trinajstić information content (AvgIpc) is 3.22.